The van der Waals surface area contributed by atoms with Gasteiger partial charge in [-0.2, -0.15) is 0 Å². The summed E-state index contributed by atoms with van der Waals surface area (Å²) >= 11 is 0. The summed E-state index contributed by atoms with van der Waals surface area (Å²) in [6.07, 6.45) is 11.0. The van der Waals surface area contributed by atoms with Gasteiger partial charge in [-0.05, 0) is 80.9 Å². The molecule has 0 radical (unpaired) electrons. The van der Waals surface area contributed by atoms with E-state index >= 15 is 0 Å². The molecule has 346 valence electrons. The van der Waals surface area contributed by atoms with E-state index < -0.39 is 69.2 Å². The summed E-state index contributed by atoms with van der Waals surface area (Å²) in [5.74, 6) is -10.1. The van der Waals surface area contributed by atoms with Gasteiger partial charge >= 0.3 is 39.0 Å². The van der Waals surface area contributed by atoms with Gasteiger partial charge in [0.25, 0.3) is 0 Å². The number of aromatic nitrogens is 2. The standard InChI is InChI=1S/C16H22N2.2C9H6O6.12H2O.2Zn/c1-3-9-17-11-5-15(6-12-17)16-7-13-18(10-4-2)14-8-16;2*10-7(11)4-1-5(8(12)13)3-6(2-4)9(14)15;;;;;;;;;;;;;;/h5-8,11-14H,3-4,9-10H2,1-2H3;2*1-3H,(H,10,11)(H,12,13)(H,14,15);12*1H2;;/q+2;;;;;;;;;;;;;;;2*+2/p+4. The Morgan fingerprint density at radius 3 is 0.629 bits per heavy atom. The molecule has 0 atom stereocenters. The van der Waals surface area contributed by atoms with Crippen LogP contribution in [0.25, 0.3) is 11.1 Å². The van der Waals surface area contributed by atoms with Gasteiger partial charge in [-0.3, -0.25) is 0 Å². The first-order chi connectivity index (χ1) is 22.7. The molecule has 28 heteroatoms. The minimum absolute atomic E-state index is 0. The molecule has 0 aliphatic heterocycles. The molecule has 0 unspecified atom stereocenters. The first-order valence-electron chi connectivity index (χ1n) is 14.2. The second-order valence-corrected chi connectivity index (χ2v) is 9.97. The Bertz CT molecular complexity index is 1540. The average Bonchev–Trinajstić information content (AvgIpc) is 3.06. The van der Waals surface area contributed by atoms with E-state index in [-0.39, 0.29) is 105 Å². The van der Waals surface area contributed by atoms with Crippen molar-refractivity contribution in [1.29, 1.82) is 0 Å². The number of carbonyl (C=O) groups is 6. The number of aromatic carboxylic acids is 6. The average molecular weight is 1010 g/mol. The molecule has 0 aliphatic carbocycles. The van der Waals surface area contributed by atoms with E-state index in [4.69, 9.17) is 0 Å². The molecule has 4 aromatic rings. The van der Waals surface area contributed by atoms with Crippen LogP contribution in [-0.2, 0) is 107 Å². The summed E-state index contributed by atoms with van der Waals surface area (Å²) in [4.78, 5) is 62.5. The topological polar surface area (TPSA) is 642 Å². The quantitative estimate of drug-likeness (QED) is 0.0768. The zero-order chi connectivity index (χ0) is 36.0. The molecule has 62 heavy (non-hydrogen) atoms. The minimum atomic E-state index is -1.68. The van der Waals surface area contributed by atoms with Crippen molar-refractivity contribution >= 4 is 35.8 Å². The summed E-state index contributed by atoms with van der Waals surface area (Å²) in [5.41, 5.74) is -0.789. The summed E-state index contributed by atoms with van der Waals surface area (Å²) in [5, 5.41) is 62.5. The molecule has 0 bridgehead atoms. The van der Waals surface area contributed by atoms with Gasteiger partial charge in [-0.1, -0.05) is 13.8 Å². The fourth-order valence-electron chi connectivity index (χ4n) is 4.08. The smallest absolute Gasteiger partial charge is 0.545 e. The van der Waals surface area contributed by atoms with E-state index in [2.05, 4.69) is 72.0 Å². The largest absolute Gasteiger partial charge is 2.00 e. The van der Waals surface area contributed by atoms with Gasteiger partial charge in [-0.15, -0.1) is 0 Å². The van der Waals surface area contributed by atoms with Gasteiger partial charge in [0.15, 0.2) is 24.8 Å². The Labute approximate surface area is 377 Å². The van der Waals surface area contributed by atoms with Crippen LogP contribution in [0.15, 0.2) is 85.5 Å². The Morgan fingerprint density at radius 1 is 0.371 bits per heavy atom. The number of benzene rings is 2. The number of hydrogen-bond donors (Lipinski definition) is 0. The fourth-order valence-corrected chi connectivity index (χ4v) is 4.08. The third-order valence-corrected chi connectivity index (χ3v) is 6.36. The number of carboxylic acid groups (broad SMARTS) is 6. The Morgan fingerprint density at radius 2 is 0.516 bits per heavy atom. The zero-order valence-electron chi connectivity index (χ0n) is 33.9. The third-order valence-electron chi connectivity index (χ3n) is 6.36. The predicted molar refractivity (Wildman–Crippen MR) is 208 cm³/mol. The van der Waals surface area contributed by atoms with E-state index in [1.54, 1.807) is 0 Å². The van der Waals surface area contributed by atoms with Crippen molar-refractivity contribution in [3.8, 4) is 11.1 Å². The number of nitrogens with zero attached hydrogens (tertiary/aromatic N) is 2. The van der Waals surface area contributed by atoms with E-state index in [0.717, 1.165) is 49.5 Å². The SMILES string of the molecule is CCC[n+]1ccc(-c2cc[n+](CCC)cc2)cc1.O.O.O=C([O-])c1cc(C(=O)[O-])cc(C(=O)[O-])c1.O=C([O-])c1cc(C(=O)[O-])cc(C(=O)[O-])c1.[OH3+].[OH3+].[OH3+].[OH3+].[OH3+].[OH3+].[OH3+].[OH3+].[OH3+].[OH3+].[Zn+2].[Zn+2]. The second kappa shape index (κ2) is 44.9. The van der Waals surface area contributed by atoms with Crippen molar-refractivity contribution < 1.29 is 173 Å². The summed E-state index contributed by atoms with van der Waals surface area (Å²) in [6.45, 7) is 6.58. The summed E-state index contributed by atoms with van der Waals surface area (Å²) < 4.78 is 4.45. The van der Waals surface area contributed by atoms with Crippen molar-refractivity contribution in [2.75, 3.05) is 0 Å². The second-order valence-electron chi connectivity index (χ2n) is 9.97. The molecule has 0 aliphatic rings. The molecule has 2 aromatic heterocycles. The summed E-state index contributed by atoms with van der Waals surface area (Å²) in [7, 11) is 0. The molecule has 0 spiro atoms. The van der Waals surface area contributed by atoms with Crippen molar-refractivity contribution in [2.24, 2.45) is 0 Å². The van der Waals surface area contributed by atoms with Gasteiger partial charge in [0.05, 0.1) is 35.8 Å². The third kappa shape index (κ3) is 29.5. The monoisotopic (exact) mass is 1010 g/mol. The van der Waals surface area contributed by atoms with Gasteiger partial charge < -0.3 is 125 Å². The maximum atomic E-state index is 10.4. The number of rotatable bonds is 11. The van der Waals surface area contributed by atoms with Crippen LogP contribution in [0.5, 0.6) is 0 Å². The van der Waals surface area contributed by atoms with Crippen molar-refractivity contribution in [3.05, 3.63) is 119 Å². The van der Waals surface area contributed by atoms with Crippen molar-refractivity contribution in [2.45, 2.75) is 39.8 Å². The number of hydrogen-bond acceptors (Lipinski definition) is 12. The first-order valence-corrected chi connectivity index (χ1v) is 14.2. The van der Waals surface area contributed by atoms with Crippen LogP contribution in [0.3, 0.4) is 0 Å². The van der Waals surface area contributed by atoms with Crippen LogP contribution < -0.4 is 39.8 Å². The minimum Gasteiger partial charge on any atom is -0.545 e. The first kappa shape index (κ1) is 91.8. The summed E-state index contributed by atoms with van der Waals surface area (Å²) in [6, 6.07) is 13.2. The fraction of sp³-hybridized carbons (Fsp3) is 0.176. The van der Waals surface area contributed by atoms with Crippen molar-refractivity contribution in [3.63, 3.8) is 0 Å². The predicted octanol–water partition coefficient (Wildman–Crippen LogP) is -14.6. The number of pyridine rings is 2. The maximum Gasteiger partial charge on any atom is 2.00 e. The normalized spacial score (nSPS) is 7.71. The van der Waals surface area contributed by atoms with Gasteiger partial charge in [0.2, 0.25) is 0 Å². The van der Waals surface area contributed by atoms with E-state index in [1.165, 1.54) is 24.0 Å². The van der Waals surface area contributed by atoms with Gasteiger partial charge in [0.1, 0.15) is 13.1 Å². The van der Waals surface area contributed by atoms with E-state index in [9.17, 15) is 59.4 Å². The van der Waals surface area contributed by atoms with Crippen LogP contribution in [-0.4, -0.2) is 46.8 Å². The number of carboxylic acids is 6. The molecular formula is C34H62N2O24Zn2+10. The van der Waals surface area contributed by atoms with Crippen LogP contribution in [0.4, 0.5) is 0 Å². The molecule has 4 rings (SSSR count). The molecule has 0 saturated carbocycles. The number of aryl methyl sites for hydroxylation is 2. The zero-order valence-corrected chi connectivity index (χ0v) is 39.8. The molecule has 2 heterocycles. The molecule has 34 N–H and O–H groups in total. The van der Waals surface area contributed by atoms with E-state index in [0.29, 0.717) is 0 Å². The molecule has 0 fully saturated rings. The van der Waals surface area contributed by atoms with Gasteiger partial charge in [0, 0.05) is 37.1 Å². The number of carbonyl (C=O) groups excluding carboxylic acids is 6. The Hall–Kier alpha value is -5.67. The van der Waals surface area contributed by atoms with Crippen molar-refractivity contribution in [1.82, 2.24) is 0 Å². The van der Waals surface area contributed by atoms with Crippen LogP contribution in [0, 0.1) is 0 Å². The van der Waals surface area contributed by atoms with Crippen LogP contribution >= 0.6 is 0 Å². The maximum absolute atomic E-state index is 10.4. The molecular weight excluding hydrogens is 951 g/mol. The molecule has 0 saturated heterocycles. The Balaban J connectivity index is -0.0000000477. The molecule has 2 aromatic carbocycles. The molecule has 26 nitrogen and oxygen atoms in total. The Kier molecular flexibility index (Phi) is 66.5. The molecule has 0 amide bonds. The van der Waals surface area contributed by atoms with E-state index in [1.807, 2.05) is 0 Å². The van der Waals surface area contributed by atoms with Crippen LogP contribution in [0.2, 0.25) is 0 Å². The van der Waals surface area contributed by atoms with Crippen LogP contribution in [0.1, 0.15) is 88.8 Å². The van der Waals surface area contributed by atoms with Gasteiger partial charge in [-0.25, -0.2) is 9.13 Å².